The molecular formula is C14H20N6O3S. The smallest absolute Gasteiger partial charge is 0.230 e. The fraction of sp³-hybridized carbons (Fsp3) is 0.500. The molecule has 1 aliphatic rings. The third-order valence-corrected chi connectivity index (χ3v) is 4.41. The second-order valence-corrected chi connectivity index (χ2v) is 7.96. The molecule has 2 aromatic rings. The molecule has 2 N–H and O–H groups in total. The molecule has 0 aliphatic carbocycles. The van der Waals surface area contributed by atoms with Crippen LogP contribution in [0.1, 0.15) is 12.6 Å². The Hall–Kier alpha value is -2.20. The molecule has 0 saturated carbocycles. The first-order chi connectivity index (χ1) is 11.4. The second kappa shape index (κ2) is 6.73. The third kappa shape index (κ3) is 4.20. The minimum absolute atomic E-state index is 0.140. The normalized spacial score (nSPS) is 18.6. The summed E-state index contributed by atoms with van der Waals surface area (Å²) in [4.78, 5) is 10.9. The van der Waals surface area contributed by atoms with Crippen LogP contribution >= 0.6 is 0 Å². The number of nitrogens with zero attached hydrogens (tertiary/aromatic N) is 4. The van der Waals surface area contributed by atoms with Crippen LogP contribution in [0.3, 0.4) is 0 Å². The van der Waals surface area contributed by atoms with E-state index >= 15 is 0 Å². The number of anilines is 3. The van der Waals surface area contributed by atoms with Crippen molar-refractivity contribution in [3.63, 3.8) is 0 Å². The molecule has 24 heavy (non-hydrogen) atoms. The zero-order valence-electron chi connectivity index (χ0n) is 13.6. The lowest BCUT2D eigenvalue weighted by Crippen LogP contribution is -2.44. The number of morpholine rings is 1. The van der Waals surface area contributed by atoms with Gasteiger partial charge in [-0.15, -0.1) is 0 Å². The molecule has 3 heterocycles. The van der Waals surface area contributed by atoms with E-state index in [1.807, 2.05) is 6.92 Å². The largest absolute Gasteiger partial charge is 0.377 e. The number of aromatic nitrogens is 4. The Balaban J connectivity index is 1.95. The van der Waals surface area contributed by atoms with Crippen LogP contribution in [0.25, 0.3) is 0 Å². The van der Waals surface area contributed by atoms with E-state index < -0.39 is 9.84 Å². The topological polar surface area (TPSA) is 113 Å². The van der Waals surface area contributed by atoms with E-state index in [0.29, 0.717) is 43.0 Å². The number of sulfone groups is 1. The molecule has 1 aliphatic heterocycles. The predicted octanol–water partition coefficient (Wildman–Crippen LogP) is 0.713. The first kappa shape index (κ1) is 16.7. The summed E-state index contributed by atoms with van der Waals surface area (Å²) in [5, 5.41) is 9.64. The van der Waals surface area contributed by atoms with E-state index in [0.717, 1.165) is 0 Å². The van der Waals surface area contributed by atoms with Crippen molar-refractivity contribution in [3.8, 4) is 0 Å². The molecule has 3 rings (SSSR count). The molecule has 10 heteroatoms. The van der Waals surface area contributed by atoms with Crippen molar-refractivity contribution < 1.29 is 13.2 Å². The van der Waals surface area contributed by atoms with Gasteiger partial charge in [-0.05, 0) is 6.92 Å². The summed E-state index contributed by atoms with van der Waals surface area (Å²) < 4.78 is 28.8. The van der Waals surface area contributed by atoms with E-state index in [-0.39, 0.29) is 11.8 Å². The highest BCUT2D eigenvalue weighted by Crippen LogP contribution is 2.22. The Bertz CT molecular complexity index is 793. The molecule has 9 nitrogen and oxygen atoms in total. The van der Waals surface area contributed by atoms with Crippen LogP contribution in [-0.2, 0) is 20.3 Å². The van der Waals surface area contributed by atoms with Crippen LogP contribution in [0.4, 0.5) is 17.6 Å². The number of hydrogen-bond donors (Lipinski definition) is 2. The average molecular weight is 352 g/mol. The summed E-state index contributed by atoms with van der Waals surface area (Å²) in [5.41, 5.74) is 0.447. The summed E-state index contributed by atoms with van der Waals surface area (Å²) in [6, 6.07) is 3.62. The SMILES string of the molecule is C[C@H]1COCCN1c1cc(CS(C)(=O)=O)nc(Nc2ccn[nH]2)n1. The highest BCUT2D eigenvalue weighted by Gasteiger charge is 2.22. The van der Waals surface area contributed by atoms with E-state index in [2.05, 4.69) is 30.4 Å². The number of H-pyrrole nitrogens is 1. The fourth-order valence-corrected chi connectivity index (χ4v) is 3.23. The monoisotopic (exact) mass is 352 g/mol. The van der Waals surface area contributed by atoms with Gasteiger partial charge in [-0.3, -0.25) is 5.10 Å². The summed E-state index contributed by atoms with van der Waals surface area (Å²) in [5.74, 6) is 1.50. The van der Waals surface area contributed by atoms with Crippen molar-refractivity contribution in [2.24, 2.45) is 0 Å². The van der Waals surface area contributed by atoms with Gasteiger partial charge in [0, 0.05) is 24.9 Å². The maximum Gasteiger partial charge on any atom is 0.230 e. The van der Waals surface area contributed by atoms with Gasteiger partial charge in [0.25, 0.3) is 0 Å². The number of rotatable bonds is 5. The van der Waals surface area contributed by atoms with Gasteiger partial charge in [-0.2, -0.15) is 10.1 Å². The van der Waals surface area contributed by atoms with Crippen LogP contribution in [0.15, 0.2) is 18.3 Å². The van der Waals surface area contributed by atoms with Gasteiger partial charge >= 0.3 is 0 Å². The molecule has 0 amide bonds. The zero-order chi connectivity index (χ0) is 17.2. The average Bonchev–Trinajstić information content (AvgIpc) is 2.98. The quantitative estimate of drug-likeness (QED) is 0.809. The number of nitrogens with one attached hydrogen (secondary N) is 2. The van der Waals surface area contributed by atoms with Crippen LogP contribution in [-0.4, -0.2) is 60.6 Å². The first-order valence-electron chi connectivity index (χ1n) is 7.57. The molecule has 0 bridgehead atoms. The van der Waals surface area contributed by atoms with Gasteiger partial charge in [-0.25, -0.2) is 13.4 Å². The van der Waals surface area contributed by atoms with Crippen LogP contribution < -0.4 is 10.2 Å². The van der Waals surface area contributed by atoms with Gasteiger partial charge in [0.1, 0.15) is 11.6 Å². The van der Waals surface area contributed by atoms with E-state index in [1.54, 1.807) is 18.3 Å². The maximum atomic E-state index is 11.7. The Morgan fingerprint density at radius 2 is 2.29 bits per heavy atom. The van der Waals surface area contributed by atoms with Gasteiger partial charge in [0.2, 0.25) is 5.95 Å². The predicted molar refractivity (Wildman–Crippen MR) is 90.1 cm³/mol. The Morgan fingerprint density at radius 3 is 2.96 bits per heavy atom. The molecule has 2 aromatic heterocycles. The minimum atomic E-state index is -3.20. The standard InChI is InChI=1S/C14H20N6O3S/c1-10-8-23-6-5-20(10)13-7-11(9-24(2,21)22)16-14(18-13)17-12-3-4-15-19-12/h3-4,7,10H,5-6,8-9H2,1-2H3,(H2,15,16,17,18,19)/t10-/m0/s1. The Labute approximate surface area is 140 Å². The van der Waals surface area contributed by atoms with Gasteiger partial charge in [0.05, 0.1) is 36.9 Å². The highest BCUT2D eigenvalue weighted by atomic mass is 32.2. The van der Waals surface area contributed by atoms with Crippen molar-refractivity contribution in [2.45, 2.75) is 18.7 Å². The second-order valence-electron chi connectivity index (χ2n) is 5.82. The highest BCUT2D eigenvalue weighted by molar-refractivity contribution is 7.89. The van der Waals surface area contributed by atoms with Crippen LogP contribution in [0.2, 0.25) is 0 Å². The van der Waals surface area contributed by atoms with Gasteiger partial charge < -0.3 is 15.0 Å². The zero-order valence-corrected chi connectivity index (χ0v) is 14.4. The van der Waals surface area contributed by atoms with Crippen molar-refractivity contribution >= 4 is 27.4 Å². The Kier molecular flexibility index (Phi) is 4.67. The first-order valence-corrected chi connectivity index (χ1v) is 9.63. The molecule has 1 atom stereocenters. The molecule has 0 unspecified atom stereocenters. The Morgan fingerprint density at radius 1 is 1.46 bits per heavy atom. The van der Waals surface area contributed by atoms with Gasteiger partial charge in [-0.1, -0.05) is 0 Å². The number of aromatic amines is 1. The molecular weight excluding hydrogens is 332 g/mol. The molecule has 0 aromatic carbocycles. The summed E-state index contributed by atoms with van der Waals surface area (Å²) >= 11 is 0. The number of hydrogen-bond acceptors (Lipinski definition) is 8. The van der Waals surface area contributed by atoms with E-state index in [4.69, 9.17) is 4.74 Å². The number of ether oxygens (including phenoxy) is 1. The van der Waals surface area contributed by atoms with Crippen molar-refractivity contribution in [1.29, 1.82) is 0 Å². The van der Waals surface area contributed by atoms with E-state index in [9.17, 15) is 8.42 Å². The van der Waals surface area contributed by atoms with Crippen LogP contribution in [0, 0.1) is 0 Å². The third-order valence-electron chi connectivity index (χ3n) is 3.58. The van der Waals surface area contributed by atoms with Gasteiger partial charge in [0.15, 0.2) is 9.84 Å². The minimum Gasteiger partial charge on any atom is -0.377 e. The van der Waals surface area contributed by atoms with Crippen LogP contribution in [0.5, 0.6) is 0 Å². The lowest BCUT2D eigenvalue weighted by atomic mass is 10.2. The molecule has 1 saturated heterocycles. The van der Waals surface area contributed by atoms with E-state index in [1.165, 1.54) is 6.26 Å². The molecule has 130 valence electrons. The summed E-state index contributed by atoms with van der Waals surface area (Å²) in [6.07, 6.45) is 2.79. The summed E-state index contributed by atoms with van der Waals surface area (Å²) in [7, 11) is -3.20. The molecule has 0 spiro atoms. The van der Waals surface area contributed by atoms with Crippen molar-refractivity contribution in [1.82, 2.24) is 20.2 Å². The maximum absolute atomic E-state index is 11.7. The molecule has 0 radical (unpaired) electrons. The molecule has 1 fully saturated rings. The lowest BCUT2D eigenvalue weighted by molar-refractivity contribution is 0.0985. The fourth-order valence-electron chi connectivity index (χ4n) is 2.54. The van der Waals surface area contributed by atoms with Crippen molar-refractivity contribution in [2.75, 3.05) is 36.2 Å². The summed E-state index contributed by atoms with van der Waals surface area (Å²) in [6.45, 7) is 3.95. The lowest BCUT2D eigenvalue weighted by Gasteiger charge is -2.34. The van der Waals surface area contributed by atoms with Crippen molar-refractivity contribution in [3.05, 3.63) is 24.0 Å².